The molecule has 0 saturated carbocycles. The number of hydrogen-bond donors (Lipinski definition) is 2. The number of amides is 1. The second kappa shape index (κ2) is 9.42. The molecule has 25 heavy (non-hydrogen) atoms. The van der Waals surface area contributed by atoms with E-state index < -0.39 is 0 Å². The average molecular weight is 381 g/mol. The summed E-state index contributed by atoms with van der Waals surface area (Å²) in [5.41, 5.74) is 1.11. The van der Waals surface area contributed by atoms with Gasteiger partial charge in [-0.05, 0) is 30.3 Å². The quantitative estimate of drug-likeness (QED) is 0.692. The molecular weight excluding hydrogens is 361 g/mol. The first-order chi connectivity index (χ1) is 12.0. The molecule has 0 bridgehead atoms. The van der Waals surface area contributed by atoms with E-state index >= 15 is 0 Å². The van der Waals surface area contributed by atoms with Crippen LogP contribution in [0.4, 0.5) is 5.82 Å². The Morgan fingerprint density at radius 3 is 2.72 bits per heavy atom. The summed E-state index contributed by atoms with van der Waals surface area (Å²) in [6.07, 6.45) is 3.14. The summed E-state index contributed by atoms with van der Waals surface area (Å²) >= 11 is 11.8. The van der Waals surface area contributed by atoms with Gasteiger partial charge in [0, 0.05) is 11.8 Å². The molecule has 1 aromatic carbocycles. The summed E-state index contributed by atoms with van der Waals surface area (Å²) in [6, 6.07) is 9.32. The van der Waals surface area contributed by atoms with Crippen LogP contribution in [0.2, 0.25) is 10.0 Å². The third-order valence-electron chi connectivity index (χ3n) is 3.33. The smallest absolute Gasteiger partial charge is 0.280 e. The molecule has 0 radical (unpaired) electrons. The number of rotatable bonds is 8. The third-order valence-corrected chi connectivity index (χ3v) is 3.82. The standard InChI is InChI=1S/C18H19Cl2N3O2/c1-3-8-25-15-6-4-13(5-7-15)11-23(2)12-17(24)22-18-16(20)9-14(19)10-21-18/h3-7,9-10H,1,8,11-12H2,2H3,(H,21,22,24)/p+1. The molecule has 0 aliphatic carbocycles. The van der Waals surface area contributed by atoms with Gasteiger partial charge < -0.3 is 15.0 Å². The van der Waals surface area contributed by atoms with Crippen molar-refractivity contribution in [2.45, 2.75) is 6.54 Å². The molecule has 2 N–H and O–H groups in total. The summed E-state index contributed by atoms with van der Waals surface area (Å²) < 4.78 is 5.45. The number of halogens is 2. The Morgan fingerprint density at radius 2 is 2.08 bits per heavy atom. The normalized spacial score (nSPS) is 11.6. The zero-order chi connectivity index (χ0) is 18.2. The number of pyridine rings is 1. The van der Waals surface area contributed by atoms with Crippen LogP contribution >= 0.6 is 23.2 Å². The summed E-state index contributed by atoms with van der Waals surface area (Å²) in [6.45, 7) is 5.08. The zero-order valence-electron chi connectivity index (χ0n) is 13.9. The highest BCUT2D eigenvalue weighted by Gasteiger charge is 2.13. The van der Waals surface area contributed by atoms with E-state index in [1.165, 1.54) is 12.3 Å². The number of nitrogens with zero attached hydrogens (tertiary/aromatic N) is 1. The summed E-state index contributed by atoms with van der Waals surface area (Å²) in [5, 5.41) is 3.43. The topological polar surface area (TPSA) is 55.7 Å². The van der Waals surface area contributed by atoms with Gasteiger partial charge >= 0.3 is 0 Å². The number of anilines is 1. The molecule has 0 saturated heterocycles. The van der Waals surface area contributed by atoms with Gasteiger partial charge in [-0.2, -0.15) is 0 Å². The van der Waals surface area contributed by atoms with Crippen LogP contribution in [0, 0.1) is 0 Å². The van der Waals surface area contributed by atoms with Crippen LogP contribution in [0.25, 0.3) is 0 Å². The molecule has 132 valence electrons. The van der Waals surface area contributed by atoms with Crippen molar-refractivity contribution in [1.29, 1.82) is 0 Å². The van der Waals surface area contributed by atoms with Gasteiger partial charge in [-0.15, -0.1) is 0 Å². The number of hydrogen-bond acceptors (Lipinski definition) is 3. The second-order valence-electron chi connectivity index (χ2n) is 5.59. The molecule has 1 amide bonds. The number of carbonyl (C=O) groups is 1. The lowest BCUT2D eigenvalue weighted by molar-refractivity contribution is -0.885. The number of ether oxygens (including phenoxy) is 1. The van der Waals surface area contributed by atoms with Gasteiger partial charge in [0.05, 0.1) is 17.1 Å². The molecule has 0 aliphatic heterocycles. The van der Waals surface area contributed by atoms with Gasteiger partial charge in [-0.1, -0.05) is 35.9 Å². The van der Waals surface area contributed by atoms with E-state index in [0.717, 1.165) is 16.2 Å². The predicted octanol–water partition coefficient (Wildman–Crippen LogP) is 2.61. The maximum absolute atomic E-state index is 12.1. The molecule has 2 aromatic rings. The molecule has 1 heterocycles. The molecule has 2 rings (SSSR count). The van der Waals surface area contributed by atoms with Crippen molar-refractivity contribution in [3.05, 3.63) is 64.8 Å². The van der Waals surface area contributed by atoms with E-state index in [1.807, 2.05) is 31.3 Å². The van der Waals surface area contributed by atoms with Crippen molar-refractivity contribution in [3.63, 3.8) is 0 Å². The molecule has 1 unspecified atom stereocenters. The van der Waals surface area contributed by atoms with Crippen LogP contribution in [0.5, 0.6) is 5.75 Å². The number of aromatic nitrogens is 1. The van der Waals surface area contributed by atoms with Gasteiger partial charge in [-0.3, -0.25) is 4.79 Å². The van der Waals surface area contributed by atoms with E-state index in [4.69, 9.17) is 27.9 Å². The fraction of sp³-hybridized carbons (Fsp3) is 0.222. The van der Waals surface area contributed by atoms with Gasteiger partial charge in [0.15, 0.2) is 12.4 Å². The van der Waals surface area contributed by atoms with E-state index in [2.05, 4.69) is 16.9 Å². The van der Waals surface area contributed by atoms with Gasteiger partial charge in [0.1, 0.15) is 18.9 Å². The first-order valence-corrected chi connectivity index (χ1v) is 8.48. The van der Waals surface area contributed by atoms with Crippen molar-refractivity contribution in [1.82, 2.24) is 4.98 Å². The maximum Gasteiger partial charge on any atom is 0.280 e. The second-order valence-corrected chi connectivity index (χ2v) is 6.43. The first-order valence-electron chi connectivity index (χ1n) is 7.72. The number of likely N-dealkylation sites (N-methyl/N-ethyl adjacent to an activating group) is 1. The Bertz CT molecular complexity index is 736. The lowest BCUT2D eigenvalue weighted by Gasteiger charge is -2.14. The third kappa shape index (κ3) is 6.38. The van der Waals surface area contributed by atoms with Crippen molar-refractivity contribution < 1.29 is 14.4 Å². The monoisotopic (exact) mass is 380 g/mol. The van der Waals surface area contributed by atoms with E-state index in [9.17, 15) is 4.79 Å². The molecule has 1 aromatic heterocycles. The Morgan fingerprint density at radius 1 is 1.36 bits per heavy atom. The van der Waals surface area contributed by atoms with Crippen LogP contribution in [0.15, 0.2) is 49.2 Å². The minimum atomic E-state index is -0.167. The molecule has 0 fully saturated rings. The highest BCUT2D eigenvalue weighted by Crippen LogP contribution is 2.22. The molecule has 1 atom stereocenters. The lowest BCUT2D eigenvalue weighted by Crippen LogP contribution is -3.08. The number of nitrogens with one attached hydrogen (secondary N) is 2. The van der Waals surface area contributed by atoms with E-state index in [1.54, 1.807) is 6.08 Å². The van der Waals surface area contributed by atoms with Gasteiger partial charge in [0.2, 0.25) is 0 Å². The SMILES string of the molecule is C=CCOc1ccc(C[NH+](C)CC(=O)Nc2ncc(Cl)cc2Cl)cc1. The minimum Gasteiger partial charge on any atom is -0.490 e. The molecule has 0 aliphatic rings. The zero-order valence-corrected chi connectivity index (χ0v) is 15.4. The summed E-state index contributed by atoms with van der Waals surface area (Å²) in [4.78, 5) is 17.2. The number of benzene rings is 1. The average Bonchev–Trinajstić information content (AvgIpc) is 2.56. The van der Waals surface area contributed by atoms with Crippen molar-refractivity contribution in [3.8, 4) is 5.75 Å². The fourth-order valence-electron chi connectivity index (χ4n) is 2.23. The summed E-state index contributed by atoms with van der Waals surface area (Å²) in [7, 11) is 1.94. The Labute approximate surface area is 157 Å². The largest absolute Gasteiger partial charge is 0.490 e. The minimum absolute atomic E-state index is 0.167. The van der Waals surface area contributed by atoms with E-state index in [0.29, 0.717) is 29.0 Å². The van der Waals surface area contributed by atoms with Crippen molar-refractivity contribution >= 4 is 34.9 Å². The molecule has 5 nitrogen and oxygen atoms in total. The maximum atomic E-state index is 12.1. The summed E-state index contributed by atoms with van der Waals surface area (Å²) in [5.74, 6) is 0.940. The van der Waals surface area contributed by atoms with Crippen molar-refractivity contribution in [2.24, 2.45) is 0 Å². The molecule has 0 spiro atoms. The first kappa shape index (κ1) is 19.2. The molecule has 7 heteroatoms. The lowest BCUT2D eigenvalue weighted by atomic mass is 10.2. The van der Waals surface area contributed by atoms with Crippen molar-refractivity contribution in [2.75, 3.05) is 25.5 Å². The van der Waals surface area contributed by atoms with Crippen LogP contribution < -0.4 is 15.0 Å². The van der Waals surface area contributed by atoms with Gasteiger partial charge in [0.25, 0.3) is 5.91 Å². The highest BCUT2D eigenvalue weighted by atomic mass is 35.5. The fourth-order valence-corrected chi connectivity index (χ4v) is 2.65. The predicted molar refractivity (Wildman–Crippen MR) is 100 cm³/mol. The Kier molecular flexibility index (Phi) is 7.25. The number of carbonyl (C=O) groups excluding carboxylic acids is 1. The molecular formula is C18H20Cl2N3O2+. The Balaban J connectivity index is 1.85. The van der Waals surface area contributed by atoms with Gasteiger partial charge in [-0.25, -0.2) is 4.98 Å². The van der Waals surface area contributed by atoms with Crippen LogP contribution in [0.1, 0.15) is 5.56 Å². The van der Waals surface area contributed by atoms with Crippen LogP contribution in [-0.4, -0.2) is 31.1 Å². The van der Waals surface area contributed by atoms with E-state index in [-0.39, 0.29) is 12.5 Å². The van der Waals surface area contributed by atoms with Crippen LogP contribution in [0.3, 0.4) is 0 Å². The number of quaternary nitrogens is 1. The van der Waals surface area contributed by atoms with Crippen LogP contribution in [-0.2, 0) is 11.3 Å². The highest BCUT2D eigenvalue weighted by molar-refractivity contribution is 6.36. The Hall–Kier alpha value is -2.08.